The summed E-state index contributed by atoms with van der Waals surface area (Å²) in [5.41, 5.74) is -3.05. The SMILES string of the molecule is O=C([O-])C1=NN(c2ccc(S(=O)(=O)[O-])cc2)C(=O)C1=CC=Cc1c(C(=O)[O-])nn(-c2ccc(S(=O)(=O)[O-])cc2)c1[O-].[Na+].[Na+].[Na+].[Na+].[Na]. The van der Waals surface area contributed by atoms with Gasteiger partial charge in [0.05, 0.1) is 38.7 Å². The summed E-state index contributed by atoms with van der Waals surface area (Å²) in [4.78, 5) is 34.8. The van der Waals surface area contributed by atoms with Gasteiger partial charge < -0.3 is 34.0 Å². The average Bonchev–Trinajstić information content (AvgIpc) is 3.40. The average molecular weight is 714 g/mol. The summed E-state index contributed by atoms with van der Waals surface area (Å²) < 4.78 is 67.3. The molecule has 3 aromatic rings. The summed E-state index contributed by atoms with van der Waals surface area (Å²) in [6, 6.07) is 7.63. The predicted molar refractivity (Wildman–Crippen MR) is 133 cm³/mol. The first-order valence-corrected chi connectivity index (χ1v) is 13.6. The second kappa shape index (κ2) is 19.3. The first-order chi connectivity index (χ1) is 19.1. The summed E-state index contributed by atoms with van der Waals surface area (Å²) in [5.74, 6) is -5.82. The second-order valence-electron chi connectivity index (χ2n) is 7.96. The number of aliphatic carboxylic acids is 1. The molecule has 2 aromatic carbocycles. The summed E-state index contributed by atoms with van der Waals surface area (Å²) in [6.45, 7) is 0. The maximum absolute atomic E-state index is 12.9. The van der Waals surface area contributed by atoms with Gasteiger partial charge in [0.15, 0.2) is 0 Å². The smallest absolute Gasteiger partial charge is 0.858 e. The van der Waals surface area contributed by atoms with Crippen molar-refractivity contribution in [1.29, 1.82) is 0 Å². The number of allylic oxidation sites excluding steroid dienone is 2. The minimum atomic E-state index is -4.80. The van der Waals surface area contributed by atoms with Crippen LogP contribution in [-0.2, 0) is 29.8 Å². The van der Waals surface area contributed by atoms with Crippen molar-refractivity contribution in [1.82, 2.24) is 9.78 Å². The van der Waals surface area contributed by atoms with Crippen LogP contribution in [0.2, 0.25) is 0 Å². The largest absolute Gasteiger partial charge is 1.00 e. The van der Waals surface area contributed by atoms with E-state index in [0.29, 0.717) is 9.69 Å². The van der Waals surface area contributed by atoms with Crippen molar-refractivity contribution >= 4 is 85.1 Å². The van der Waals surface area contributed by atoms with E-state index in [1.807, 2.05) is 0 Å². The third-order valence-electron chi connectivity index (χ3n) is 5.41. The van der Waals surface area contributed by atoms with E-state index < -0.39 is 76.3 Å². The number of hydrogen-bond donors (Lipinski definition) is 0. The van der Waals surface area contributed by atoms with E-state index in [4.69, 9.17) is 0 Å². The molecule has 0 atom stereocenters. The molecule has 1 radical (unpaired) electrons. The zero-order chi connectivity index (χ0) is 30.3. The molecule has 16 nitrogen and oxygen atoms in total. The van der Waals surface area contributed by atoms with Crippen molar-refractivity contribution in [2.75, 3.05) is 5.01 Å². The van der Waals surface area contributed by atoms with E-state index >= 15 is 0 Å². The number of carboxylic acids is 2. The molecule has 0 fully saturated rings. The Morgan fingerprint density at radius 2 is 1.22 bits per heavy atom. The minimum absolute atomic E-state index is 0. The normalized spacial score (nSPS) is 13.4. The van der Waals surface area contributed by atoms with Crippen LogP contribution in [0.5, 0.6) is 5.88 Å². The zero-order valence-corrected chi connectivity index (χ0v) is 36.5. The molecule has 0 saturated carbocycles. The number of carbonyl (C=O) groups is 3. The molecule has 0 saturated heterocycles. The van der Waals surface area contributed by atoms with E-state index in [1.54, 1.807) is 0 Å². The number of carbonyl (C=O) groups excluding carboxylic acids is 3. The maximum Gasteiger partial charge on any atom is 1.00 e. The number of aromatic carboxylic acids is 1. The fourth-order valence-corrected chi connectivity index (χ4v) is 4.47. The van der Waals surface area contributed by atoms with Gasteiger partial charge in [0.2, 0.25) is 0 Å². The third-order valence-corrected chi connectivity index (χ3v) is 7.11. The number of rotatable bonds is 8. The van der Waals surface area contributed by atoms with Crippen LogP contribution in [0.1, 0.15) is 16.1 Å². The molecule has 0 unspecified atom stereocenters. The minimum Gasteiger partial charge on any atom is -0.858 e. The van der Waals surface area contributed by atoms with Gasteiger partial charge in [-0.1, -0.05) is 12.2 Å². The van der Waals surface area contributed by atoms with Gasteiger partial charge in [0, 0.05) is 35.1 Å². The molecule has 0 bridgehead atoms. The van der Waals surface area contributed by atoms with Gasteiger partial charge in [0.1, 0.15) is 31.6 Å². The molecule has 4 rings (SSSR count). The van der Waals surface area contributed by atoms with Crippen LogP contribution in [-0.4, -0.2) is 88.8 Å². The Kier molecular flexibility index (Phi) is 20.1. The monoisotopic (exact) mass is 714 g/mol. The van der Waals surface area contributed by atoms with E-state index in [0.717, 1.165) is 66.8 Å². The third kappa shape index (κ3) is 10.9. The molecule has 1 aliphatic heterocycles. The number of carboxylic acid groups (broad SMARTS) is 2. The molecule has 2 heterocycles. The molecule has 1 amide bonds. The molecular weight excluding hydrogens is 703 g/mol. The second-order valence-corrected chi connectivity index (χ2v) is 10.7. The van der Waals surface area contributed by atoms with Crippen molar-refractivity contribution in [3.63, 3.8) is 0 Å². The maximum atomic E-state index is 12.9. The Labute approximate surface area is 372 Å². The van der Waals surface area contributed by atoms with Crippen LogP contribution in [0, 0.1) is 0 Å². The number of hydrazone groups is 1. The molecule has 0 N–H and O–H groups in total. The van der Waals surface area contributed by atoms with Crippen LogP contribution in [0.3, 0.4) is 0 Å². The first kappa shape index (κ1) is 47.9. The Hall–Kier alpha value is -0.170. The summed E-state index contributed by atoms with van der Waals surface area (Å²) in [5, 5.41) is 43.9. The summed E-state index contributed by atoms with van der Waals surface area (Å²) in [7, 11) is -9.59. The van der Waals surface area contributed by atoms with Crippen molar-refractivity contribution in [2.45, 2.75) is 9.79 Å². The molecule has 0 aliphatic carbocycles. The number of hydrogen-bond acceptors (Lipinski definition) is 14. The molecule has 1 aromatic heterocycles. The van der Waals surface area contributed by atoms with Gasteiger partial charge >= 0.3 is 118 Å². The van der Waals surface area contributed by atoms with Crippen LogP contribution in [0.25, 0.3) is 11.8 Å². The zero-order valence-electron chi connectivity index (χ0n) is 24.9. The van der Waals surface area contributed by atoms with Crippen LogP contribution < -0.4 is 139 Å². The fourth-order valence-electron chi connectivity index (χ4n) is 3.53. The standard InChI is InChI=1S/C23H16N4O12S2.5Na/c28-20-16(18(22(30)31)24-26(20)12-4-8-14(9-5-12)40(34,35)36)2-1-3-17-19(23(32)33)25-27(21(17)29)13-6-10-15(11-7-13)41(37,38)39;;;;;/h1-11,28H,(H,30,31)(H,32,33)(H,34,35,36)(H,37,38,39);;;;;/q;;4*+1/p-5. The number of amides is 1. The van der Waals surface area contributed by atoms with Gasteiger partial charge in [-0.05, 0) is 60.5 Å². The van der Waals surface area contributed by atoms with Crippen LogP contribution in [0.15, 0.2) is 81.1 Å². The van der Waals surface area contributed by atoms with Gasteiger partial charge in [-0.25, -0.2) is 21.5 Å². The van der Waals surface area contributed by atoms with Crippen molar-refractivity contribution in [2.24, 2.45) is 5.10 Å². The van der Waals surface area contributed by atoms with Crippen molar-refractivity contribution in [3.05, 3.63) is 77.5 Å². The predicted octanol–water partition coefficient (Wildman–Crippen LogP) is -15.2. The number of benzene rings is 2. The van der Waals surface area contributed by atoms with Gasteiger partial charge in [-0.2, -0.15) is 15.2 Å². The molecule has 23 heteroatoms. The van der Waals surface area contributed by atoms with Crippen molar-refractivity contribution in [3.8, 4) is 11.6 Å². The van der Waals surface area contributed by atoms with E-state index in [1.165, 1.54) is 0 Å². The molecule has 1 aliphatic rings. The van der Waals surface area contributed by atoms with Gasteiger partial charge in [-0.15, -0.1) is 0 Å². The van der Waals surface area contributed by atoms with Crippen LogP contribution in [0.4, 0.5) is 5.69 Å². The summed E-state index contributed by atoms with van der Waals surface area (Å²) in [6.07, 6.45) is 2.72. The first-order valence-electron chi connectivity index (χ1n) is 10.8. The number of anilines is 1. The molecule has 0 spiro atoms. The number of nitrogens with zero attached hydrogens (tertiary/aromatic N) is 4. The molecule has 46 heavy (non-hydrogen) atoms. The Morgan fingerprint density at radius 3 is 1.63 bits per heavy atom. The molecule has 213 valence electrons. The van der Waals surface area contributed by atoms with Gasteiger partial charge in [0.25, 0.3) is 5.91 Å². The fraction of sp³-hybridized carbons (Fsp3) is 0. The van der Waals surface area contributed by atoms with Crippen LogP contribution >= 0.6 is 0 Å². The topological polar surface area (TPSA) is 268 Å². The van der Waals surface area contributed by atoms with Gasteiger partial charge in [-0.3, -0.25) is 4.79 Å². The molecular formula is C23H11N4Na5O12S2-. The van der Waals surface area contributed by atoms with E-state index in [9.17, 15) is 55.6 Å². The summed E-state index contributed by atoms with van der Waals surface area (Å²) >= 11 is 0. The number of aromatic nitrogens is 2. The quantitative estimate of drug-likeness (QED) is 0.119. The van der Waals surface area contributed by atoms with Crippen molar-refractivity contribution < 1.29 is 174 Å². The van der Waals surface area contributed by atoms with E-state index in [-0.39, 0.29) is 159 Å². The Morgan fingerprint density at radius 1 is 0.761 bits per heavy atom. The van der Waals surface area contributed by atoms with E-state index in [2.05, 4.69) is 10.2 Å². The Balaban J connectivity index is 0. The Bertz CT molecular complexity index is 1930.